The molecule has 0 fully saturated rings. The van der Waals surface area contributed by atoms with E-state index in [-0.39, 0.29) is 18.2 Å². The number of nitrogens with zero attached hydrogens (tertiary/aromatic N) is 2. The monoisotopic (exact) mass is 607 g/mol. The number of para-hydroxylation sites is 1. The van der Waals surface area contributed by atoms with Crippen molar-refractivity contribution >= 4 is 68.3 Å². The van der Waals surface area contributed by atoms with Crippen molar-refractivity contribution in [3.8, 4) is 5.75 Å². The Kier molecular flexibility index (Phi) is 9.02. The summed E-state index contributed by atoms with van der Waals surface area (Å²) >= 11 is 14.6. The van der Waals surface area contributed by atoms with Crippen molar-refractivity contribution in [1.82, 2.24) is 10.3 Å². The smallest absolute Gasteiger partial charge is 0.416 e. The van der Waals surface area contributed by atoms with Gasteiger partial charge in [0.1, 0.15) is 17.9 Å². The van der Waals surface area contributed by atoms with Crippen LogP contribution < -0.4 is 15.0 Å². The lowest BCUT2D eigenvalue weighted by molar-refractivity contribution is -0.137. The fraction of sp³-hybridized carbons (Fsp3) is 0.179. The second-order valence-corrected chi connectivity index (χ2v) is 10.6. The second kappa shape index (κ2) is 12.3. The Bertz CT molecular complexity index is 1590. The first-order chi connectivity index (χ1) is 18.9. The van der Waals surface area contributed by atoms with Crippen molar-refractivity contribution < 1.29 is 27.5 Å². The highest BCUT2D eigenvalue weighted by molar-refractivity contribution is 7.18. The minimum absolute atomic E-state index is 0.0364. The molecule has 1 aromatic heterocycles. The lowest BCUT2D eigenvalue weighted by Gasteiger charge is -2.21. The van der Waals surface area contributed by atoms with Gasteiger partial charge in [-0.25, -0.2) is 4.98 Å². The Hall–Kier alpha value is -3.60. The number of rotatable bonds is 8. The molecular formula is C28H22Cl2F3N3O3S. The van der Waals surface area contributed by atoms with Gasteiger partial charge in [0.2, 0.25) is 11.8 Å². The van der Waals surface area contributed by atoms with Crippen LogP contribution in [-0.2, 0) is 22.4 Å². The molecule has 40 heavy (non-hydrogen) atoms. The standard InChI is InChI=1S/C28H22Cl2F3N3O3S/c1-16-35-27-22(4-3-5-23(27)40-16)39-15-19-20(29)11-12-21(26(19)30)36(2)25(38)14-34-24(37)13-8-17-6-9-18(10-7-17)28(31,32)33/h3-13H,14-15H2,1-2H3,(H,34,37)/b13-8+. The summed E-state index contributed by atoms with van der Waals surface area (Å²) in [7, 11) is 1.51. The molecule has 0 atom stereocenters. The normalized spacial score (nSPS) is 11.7. The van der Waals surface area contributed by atoms with E-state index in [0.717, 1.165) is 33.4 Å². The Morgan fingerprint density at radius 3 is 2.52 bits per heavy atom. The van der Waals surface area contributed by atoms with Gasteiger partial charge in [0.15, 0.2) is 0 Å². The summed E-state index contributed by atoms with van der Waals surface area (Å²) in [5.41, 5.74) is 1.20. The highest BCUT2D eigenvalue weighted by Crippen LogP contribution is 2.36. The van der Waals surface area contributed by atoms with Crippen molar-refractivity contribution in [2.45, 2.75) is 19.7 Å². The van der Waals surface area contributed by atoms with Gasteiger partial charge < -0.3 is 15.0 Å². The molecule has 0 saturated carbocycles. The van der Waals surface area contributed by atoms with E-state index in [0.29, 0.717) is 27.6 Å². The summed E-state index contributed by atoms with van der Waals surface area (Å²) in [5.74, 6) is -0.477. The molecule has 12 heteroatoms. The first-order valence-corrected chi connectivity index (χ1v) is 13.4. The number of aromatic nitrogens is 1. The molecule has 0 aliphatic rings. The number of anilines is 1. The van der Waals surface area contributed by atoms with Gasteiger partial charge >= 0.3 is 6.18 Å². The molecule has 0 bridgehead atoms. The number of likely N-dealkylation sites (N-methyl/N-ethyl adjacent to an activating group) is 1. The molecule has 0 radical (unpaired) electrons. The fourth-order valence-electron chi connectivity index (χ4n) is 3.71. The number of hydrogen-bond donors (Lipinski definition) is 1. The van der Waals surface area contributed by atoms with Crippen molar-refractivity contribution in [2.75, 3.05) is 18.5 Å². The number of amides is 2. The number of aryl methyl sites for hydroxylation is 1. The van der Waals surface area contributed by atoms with Crippen molar-refractivity contribution in [3.05, 3.63) is 92.4 Å². The number of ether oxygens (including phenoxy) is 1. The van der Waals surface area contributed by atoms with Crippen LogP contribution in [0.4, 0.5) is 18.9 Å². The van der Waals surface area contributed by atoms with E-state index in [2.05, 4.69) is 10.3 Å². The van der Waals surface area contributed by atoms with E-state index in [4.69, 9.17) is 27.9 Å². The fourth-order valence-corrected chi connectivity index (χ4v) is 5.16. The molecule has 0 aliphatic heterocycles. The van der Waals surface area contributed by atoms with Crippen LogP contribution in [0, 0.1) is 6.92 Å². The number of hydrogen-bond acceptors (Lipinski definition) is 5. The van der Waals surface area contributed by atoms with Gasteiger partial charge in [-0.1, -0.05) is 41.4 Å². The van der Waals surface area contributed by atoms with E-state index in [1.807, 2.05) is 19.1 Å². The molecule has 2 amide bonds. The van der Waals surface area contributed by atoms with Crippen LogP contribution in [0.3, 0.4) is 0 Å². The summed E-state index contributed by atoms with van der Waals surface area (Å²) in [6, 6.07) is 13.1. The molecule has 0 unspecified atom stereocenters. The Balaban J connectivity index is 1.38. The highest BCUT2D eigenvalue weighted by Gasteiger charge is 2.29. The molecule has 0 aliphatic carbocycles. The highest BCUT2D eigenvalue weighted by atomic mass is 35.5. The molecule has 1 N–H and O–H groups in total. The van der Waals surface area contributed by atoms with Crippen molar-refractivity contribution in [1.29, 1.82) is 0 Å². The largest absolute Gasteiger partial charge is 0.486 e. The summed E-state index contributed by atoms with van der Waals surface area (Å²) < 4.78 is 45.0. The van der Waals surface area contributed by atoms with Crippen LogP contribution in [-0.4, -0.2) is 30.4 Å². The number of halogens is 5. The SMILES string of the molecule is Cc1nc2c(OCc3c(Cl)ccc(N(C)C(=O)CNC(=O)/C=C/c4ccc(C(F)(F)F)cc4)c3Cl)cccc2s1. The molecule has 3 aromatic carbocycles. The van der Waals surface area contributed by atoms with E-state index < -0.39 is 23.6 Å². The topological polar surface area (TPSA) is 71.5 Å². The number of carbonyl (C=O) groups is 2. The number of nitrogens with one attached hydrogen (secondary N) is 1. The van der Waals surface area contributed by atoms with Crippen LogP contribution in [0.5, 0.6) is 5.75 Å². The number of fused-ring (bicyclic) bond motifs is 1. The van der Waals surface area contributed by atoms with E-state index in [1.165, 1.54) is 30.2 Å². The third-order valence-corrected chi connectivity index (χ3v) is 7.55. The Labute approximate surface area is 242 Å². The van der Waals surface area contributed by atoms with Crippen LogP contribution in [0.1, 0.15) is 21.7 Å². The van der Waals surface area contributed by atoms with Crippen LogP contribution in [0.15, 0.2) is 60.7 Å². The number of carbonyl (C=O) groups excluding carboxylic acids is 2. The molecule has 0 saturated heterocycles. The molecule has 1 heterocycles. The van der Waals surface area contributed by atoms with E-state index >= 15 is 0 Å². The zero-order valence-corrected chi connectivity index (χ0v) is 23.5. The third-order valence-electron chi connectivity index (χ3n) is 5.84. The third kappa shape index (κ3) is 6.93. The van der Waals surface area contributed by atoms with Gasteiger partial charge in [-0.2, -0.15) is 13.2 Å². The van der Waals surface area contributed by atoms with Crippen molar-refractivity contribution in [2.24, 2.45) is 0 Å². The molecule has 0 spiro atoms. The number of thiazole rings is 1. The molecular weight excluding hydrogens is 586 g/mol. The predicted molar refractivity (Wildman–Crippen MR) is 152 cm³/mol. The summed E-state index contributed by atoms with van der Waals surface area (Å²) in [4.78, 5) is 30.7. The minimum atomic E-state index is -4.44. The van der Waals surface area contributed by atoms with Crippen LogP contribution >= 0.6 is 34.5 Å². The first-order valence-electron chi connectivity index (χ1n) is 11.8. The number of alkyl halides is 3. The zero-order valence-electron chi connectivity index (χ0n) is 21.2. The van der Waals surface area contributed by atoms with Gasteiger partial charge in [-0.15, -0.1) is 11.3 Å². The van der Waals surface area contributed by atoms with Crippen LogP contribution in [0.2, 0.25) is 10.0 Å². The van der Waals surface area contributed by atoms with E-state index in [1.54, 1.807) is 29.5 Å². The van der Waals surface area contributed by atoms with Gasteiger partial charge in [-0.3, -0.25) is 9.59 Å². The Morgan fingerprint density at radius 1 is 1.10 bits per heavy atom. The lowest BCUT2D eigenvalue weighted by Crippen LogP contribution is -2.37. The maximum absolute atomic E-state index is 12.8. The molecule has 6 nitrogen and oxygen atoms in total. The van der Waals surface area contributed by atoms with Gasteiger partial charge in [0, 0.05) is 23.7 Å². The van der Waals surface area contributed by atoms with E-state index in [9.17, 15) is 22.8 Å². The zero-order chi connectivity index (χ0) is 29.0. The van der Waals surface area contributed by atoms with Gasteiger partial charge in [-0.05, 0) is 55.0 Å². The quantitative estimate of drug-likeness (QED) is 0.213. The van der Waals surface area contributed by atoms with Gasteiger partial charge in [0.25, 0.3) is 0 Å². The molecule has 4 aromatic rings. The number of benzene rings is 3. The maximum atomic E-state index is 12.8. The first kappa shape index (κ1) is 29.4. The summed E-state index contributed by atoms with van der Waals surface area (Å²) in [5, 5.41) is 3.94. The average molecular weight is 608 g/mol. The summed E-state index contributed by atoms with van der Waals surface area (Å²) in [6.07, 6.45) is -1.97. The second-order valence-electron chi connectivity index (χ2n) is 8.61. The lowest BCUT2D eigenvalue weighted by atomic mass is 10.1. The Morgan fingerprint density at radius 2 is 1.82 bits per heavy atom. The van der Waals surface area contributed by atoms with Crippen molar-refractivity contribution in [3.63, 3.8) is 0 Å². The average Bonchev–Trinajstić information content (AvgIpc) is 3.30. The van der Waals surface area contributed by atoms with Gasteiger partial charge in [0.05, 0.1) is 32.5 Å². The minimum Gasteiger partial charge on any atom is -0.486 e. The molecule has 4 rings (SSSR count). The van der Waals surface area contributed by atoms with Crippen LogP contribution in [0.25, 0.3) is 16.3 Å². The maximum Gasteiger partial charge on any atom is 0.416 e. The summed E-state index contributed by atoms with van der Waals surface area (Å²) in [6.45, 7) is 1.61. The molecule has 208 valence electrons. The predicted octanol–water partition coefficient (Wildman–Crippen LogP) is 7.30.